The minimum absolute atomic E-state index is 0.0245. The van der Waals surface area contributed by atoms with E-state index in [-0.39, 0.29) is 22.8 Å². The highest BCUT2D eigenvalue weighted by atomic mass is 16.6. The molecule has 0 saturated carbocycles. The summed E-state index contributed by atoms with van der Waals surface area (Å²) in [6, 6.07) is 10.8. The minimum Gasteiger partial charge on any atom is -0.490 e. The number of hydrogen-bond acceptors (Lipinski definition) is 6. The number of rotatable bonds is 8. The summed E-state index contributed by atoms with van der Waals surface area (Å²) in [6.45, 7) is 1.63. The molecule has 2 aromatic carbocycles. The van der Waals surface area contributed by atoms with Gasteiger partial charge in [-0.25, -0.2) is 4.79 Å². The lowest BCUT2D eigenvalue weighted by molar-refractivity contribution is -0.385. The van der Waals surface area contributed by atoms with Gasteiger partial charge in [0.1, 0.15) is 0 Å². The van der Waals surface area contributed by atoms with Crippen molar-refractivity contribution in [2.24, 2.45) is 0 Å². The summed E-state index contributed by atoms with van der Waals surface area (Å²) in [7, 11) is 1.30. The number of benzene rings is 2. The lowest BCUT2D eigenvalue weighted by Gasteiger charge is -2.07. The number of hydrogen-bond donors (Lipinski definition) is 0. The van der Waals surface area contributed by atoms with E-state index in [1.165, 1.54) is 19.2 Å². The quantitative estimate of drug-likeness (QED) is 0.310. The molecule has 0 aromatic heterocycles. The van der Waals surface area contributed by atoms with E-state index in [0.29, 0.717) is 5.56 Å². The predicted molar refractivity (Wildman–Crippen MR) is 94.7 cm³/mol. The highest BCUT2D eigenvalue weighted by molar-refractivity contribution is 5.99. The number of Topliss-reactive ketones (excluding diaryl/α,β-unsaturated/α-hetero) is 1. The third kappa shape index (κ3) is 4.66. The van der Waals surface area contributed by atoms with Crippen LogP contribution in [0.3, 0.4) is 0 Å². The second-order valence-corrected chi connectivity index (χ2v) is 5.59. The monoisotopic (exact) mass is 357 g/mol. The van der Waals surface area contributed by atoms with Crippen molar-refractivity contribution in [2.45, 2.75) is 19.8 Å². The van der Waals surface area contributed by atoms with Gasteiger partial charge in [0.2, 0.25) is 0 Å². The minimum atomic E-state index is -0.813. The fraction of sp³-hybridized carbons (Fsp3) is 0.263. The molecule has 0 spiro atoms. The van der Waals surface area contributed by atoms with Crippen molar-refractivity contribution in [1.29, 1.82) is 0 Å². The van der Waals surface area contributed by atoms with Gasteiger partial charge in [-0.2, -0.15) is 0 Å². The van der Waals surface area contributed by atoms with Crippen LogP contribution in [0.25, 0.3) is 0 Å². The second kappa shape index (κ2) is 8.75. The molecule has 0 atom stereocenters. The highest BCUT2D eigenvalue weighted by Crippen LogP contribution is 2.27. The molecule has 0 amide bonds. The Morgan fingerprint density at radius 1 is 1.08 bits per heavy atom. The Morgan fingerprint density at radius 2 is 1.73 bits per heavy atom. The van der Waals surface area contributed by atoms with Crippen LogP contribution in [-0.4, -0.2) is 30.4 Å². The van der Waals surface area contributed by atoms with Crippen molar-refractivity contribution in [3.05, 3.63) is 69.3 Å². The number of nitro benzene ring substituents is 1. The molecular weight excluding hydrogens is 338 g/mol. The molecule has 0 bridgehead atoms. The van der Waals surface area contributed by atoms with E-state index in [9.17, 15) is 19.7 Å². The van der Waals surface area contributed by atoms with Crippen LogP contribution < -0.4 is 4.74 Å². The van der Waals surface area contributed by atoms with Gasteiger partial charge in [0.25, 0.3) is 0 Å². The Hall–Kier alpha value is -3.22. The molecule has 0 fully saturated rings. The first-order valence-electron chi connectivity index (χ1n) is 8.08. The zero-order chi connectivity index (χ0) is 19.1. The van der Waals surface area contributed by atoms with Crippen LogP contribution in [0.2, 0.25) is 0 Å². The van der Waals surface area contributed by atoms with Crippen molar-refractivity contribution in [3.8, 4) is 5.75 Å². The first-order chi connectivity index (χ1) is 12.5. The fourth-order valence-electron chi connectivity index (χ4n) is 2.40. The predicted octanol–water partition coefficient (Wildman–Crippen LogP) is 3.60. The van der Waals surface area contributed by atoms with Gasteiger partial charge in [-0.15, -0.1) is 0 Å². The molecule has 0 aliphatic heterocycles. The number of aryl methyl sites for hydroxylation is 1. The van der Waals surface area contributed by atoms with Crippen LogP contribution in [0, 0.1) is 10.1 Å². The van der Waals surface area contributed by atoms with Crippen molar-refractivity contribution in [3.63, 3.8) is 0 Å². The van der Waals surface area contributed by atoms with Gasteiger partial charge in [-0.05, 0) is 24.1 Å². The summed E-state index contributed by atoms with van der Waals surface area (Å²) in [5.74, 6) is -1.12. The number of nitro groups is 1. The van der Waals surface area contributed by atoms with E-state index in [4.69, 9.17) is 9.47 Å². The van der Waals surface area contributed by atoms with E-state index in [1.807, 2.05) is 12.1 Å². The number of carbonyl (C=O) groups excluding carboxylic acids is 2. The molecule has 0 aliphatic carbocycles. The molecule has 26 heavy (non-hydrogen) atoms. The van der Waals surface area contributed by atoms with Crippen molar-refractivity contribution in [2.75, 3.05) is 13.7 Å². The molecule has 0 heterocycles. The maximum Gasteiger partial charge on any atom is 0.338 e. The van der Waals surface area contributed by atoms with Crippen LogP contribution in [0.15, 0.2) is 42.5 Å². The number of esters is 1. The first kappa shape index (κ1) is 19.1. The number of nitrogens with zero attached hydrogens (tertiary/aromatic N) is 1. The van der Waals surface area contributed by atoms with Crippen molar-refractivity contribution < 1.29 is 24.0 Å². The first-order valence-corrected chi connectivity index (χ1v) is 8.08. The lowest BCUT2D eigenvalue weighted by Crippen LogP contribution is -2.14. The maximum atomic E-state index is 12.1. The Bertz CT molecular complexity index is 813. The van der Waals surface area contributed by atoms with Gasteiger partial charge in [-0.1, -0.05) is 37.6 Å². The molecule has 2 rings (SSSR count). The van der Waals surface area contributed by atoms with Crippen LogP contribution in [0.1, 0.15) is 39.6 Å². The van der Waals surface area contributed by atoms with E-state index < -0.39 is 17.5 Å². The molecular formula is C19H19NO6. The van der Waals surface area contributed by atoms with Crippen LogP contribution >= 0.6 is 0 Å². The summed E-state index contributed by atoms with van der Waals surface area (Å²) in [5.41, 5.74) is 1.20. The smallest absolute Gasteiger partial charge is 0.338 e. The molecule has 2 aromatic rings. The second-order valence-electron chi connectivity index (χ2n) is 5.59. The van der Waals surface area contributed by atoms with Gasteiger partial charge in [0.05, 0.1) is 17.6 Å². The standard InChI is InChI=1S/C19H19NO6/c1-3-4-13-5-7-14(8-6-13)17(21)12-26-19(22)15-9-10-18(25-2)16(11-15)20(23)24/h5-11H,3-4,12H2,1-2H3. The molecule has 0 saturated heterocycles. The summed E-state index contributed by atoms with van der Waals surface area (Å²) in [5, 5.41) is 11.0. The molecule has 7 heteroatoms. The summed E-state index contributed by atoms with van der Waals surface area (Å²) >= 11 is 0. The largest absolute Gasteiger partial charge is 0.490 e. The Morgan fingerprint density at radius 3 is 2.31 bits per heavy atom. The van der Waals surface area contributed by atoms with Gasteiger partial charge >= 0.3 is 11.7 Å². The van der Waals surface area contributed by atoms with Gasteiger partial charge in [0.15, 0.2) is 18.1 Å². The molecule has 136 valence electrons. The SMILES string of the molecule is CCCc1ccc(C(=O)COC(=O)c2ccc(OC)c([N+](=O)[O-])c2)cc1. The average molecular weight is 357 g/mol. The zero-order valence-electron chi connectivity index (χ0n) is 14.6. The molecule has 0 N–H and O–H groups in total. The van der Waals surface area contributed by atoms with Crippen LogP contribution in [0.5, 0.6) is 5.75 Å². The molecule has 0 aliphatic rings. The van der Waals surface area contributed by atoms with Crippen molar-refractivity contribution in [1.82, 2.24) is 0 Å². The highest BCUT2D eigenvalue weighted by Gasteiger charge is 2.19. The number of carbonyl (C=O) groups is 2. The molecule has 0 unspecified atom stereocenters. The normalized spacial score (nSPS) is 10.2. The molecule has 7 nitrogen and oxygen atoms in total. The van der Waals surface area contributed by atoms with Gasteiger partial charge in [0, 0.05) is 11.6 Å². The third-order valence-corrected chi connectivity index (χ3v) is 3.76. The third-order valence-electron chi connectivity index (χ3n) is 3.76. The fourth-order valence-corrected chi connectivity index (χ4v) is 2.40. The van der Waals surface area contributed by atoms with E-state index in [0.717, 1.165) is 24.5 Å². The van der Waals surface area contributed by atoms with E-state index in [2.05, 4.69) is 6.92 Å². The zero-order valence-corrected chi connectivity index (χ0v) is 14.6. The van der Waals surface area contributed by atoms with Gasteiger partial charge < -0.3 is 9.47 Å². The van der Waals surface area contributed by atoms with E-state index >= 15 is 0 Å². The number of ketones is 1. The summed E-state index contributed by atoms with van der Waals surface area (Å²) in [4.78, 5) is 34.5. The topological polar surface area (TPSA) is 95.7 Å². The average Bonchev–Trinajstić information content (AvgIpc) is 2.66. The summed E-state index contributed by atoms with van der Waals surface area (Å²) < 4.78 is 9.85. The Balaban J connectivity index is 2.02. The Labute approximate surface area is 150 Å². The Kier molecular flexibility index (Phi) is 6.43. The van der Waals surface area contributed by atoms with Crippen LogP contribution in [0.4, 0.5) is 5.69 Å². The van der Waals surface area contributed by atoms with Crippen molar-refractivity contribution >= 4 is 17.4 Å². The lowest BCUT2D eigenvalue weighted by atomic mass is 10.1. The maximum absolute atomic E-state index is 12.1. The van der Waals surface area contributed by atoms with E-state index in [1.54, 1.807) is 12.1 Å². The van der Waals surface area contributed by atoms with Gasteiger partial charge in [-0.3, -0.25) is 14.9 Å². The number of methoxy groups -OCH3 is 1. The summed E-state index contributed by atoms with van der Waals surface area (Å²) in [6.07, 6.45) is 1.94. The number of ether oxygens (including phenoxy) is 2. The molecule has 0 radical (unpaired) electrons. The van der Waals surface area contributed by atoms with Crippen LogP contribution in [-0.2, 0) is 11.2 Å².